The predicted octanol–water partition coefficient (Wildman–Crippen LogP) is 1.84. The molecule has 3 heteroatoms. The van der Waals surface area contributed by atoms with Gasteiger partial charge in [-0.1, -0.05) is 29.8 Å². The summed E-state index contributed by atoms with van der Waals surface area (Å²) in [6, 6.07) is 8.08. The highest BCUT2D eigenvalue weighted by atomic mass is 16.5. The van der Waals surface area contributed by atoms with Gasteiger partial charge in [-0.15, -0.1) is 0 Å². The maximum Gasteiger partial charge on any atom is 0.374 e. The van der Waals surface area contributed by atoms with Crippen LogP contribution >= 0.6 is 0 Å². The summed E-state index contributed by atoms with van der Waals surface area (Å²) in [4.78, 5) is 22.6. The van der Waals surface area contributed by atoms with Gasteiger partial charge in [0, 0.05) is 5.92 Å². The molecule has 1 aromatic carbocycles. The van der Waals surface area contributed by atoms with Gasteiger partial charge in [0.25, 0.3) is 0 Å². The molecule has 0 heterocycles. The van der Waals surface area contributed by atoms with Crippen molar-refractivity contribution in [1.82, 2.24) is 0 Å². The normalized spacial score (nSPS) is 22.6. The SMILES string of the molecule is COC(=O)C(=O)C1C[C@H]1c1ccc(C)cc1. The molecule has 1 unspecified atom stereocenters. The molecule has 0 bridgehead atoms. The molecule has 1 aliphatic rings. The van der Waals surface area contributed by atoms with Crippen LogP contribution in [0.3, 0.4) is 0 Å². The molecule has 0 aromatic heterocycles. The monoisotopic (exact) mass is 218 g/mol. The zero-order chi connectivity index (χ0) is 11.7. The summed E-state index contributed by atoms with van der Waals surface area (Å²) in [7, 11) is 1.24. The molecule has 0 N–H and O–H groups in total. The van der Waals surface area contributed by atoms with Crippen molar-refractivity contribution < 1.29 is 14.3 Å². The highest BCUT2D eigenvalue weighted by Crippen LogP contribution is 2.48. The Hall–Kier alpha value is -1.64. The van der Waals surface area contributed by atoms with Crippen molar-refractivity contribution in [1.29, 1.82) is 0 Å². The Labute approximate surface area is 94.4 Å². The Morgan fingerprint density at radius 2 is 1.88 bits per heavy atom. The molecule has 1 aliphatic carbocycles. The first kappa shape index (κ1) is 10.9. The highest BCUT2D eigenvalue weighted by Gasteiger charge is 2.46. The molecule has 84 valence electrons. The smallest absolute Gasteiger partial charge is 0.374 e. The number of aryl methyl sites for hydroxylation is 1. The van der Waals surface area contributed by atoms with Gasteiger partial charge in [0.05, 0.1) is 7.11 Å². The minimum Gasteiger partial charge on any atom is -0.463 e. The van der Waals surface area contributed by atoms with Crippen molar-refractivity contribution in [3.63, 3.8) is 0 Å². The molecule has 0 saturated heterocycles. The van der Waals surface area contributed by atoms with E-state index in [1.165, 1.54) is 12.7 Å². The summed E-state index contributed by atoms with van der Waals surface area (Å²) in [5, 5.41) is 0. The predicted molar refractivity (Wildman–Crippen MR) is 59.1 cm³/mol. The lowest BCUT2D eigenvalue weighted by molar-refractivity contribution is -0.152. The van der Waals surface area contributed by atoms with E-state index in [4.69, 9.17) is 0 Å². The van der Waals surface area contributed by atoms with Crippen molar-refractivity contribution >= 4 is 11.8 Å². The Balaban J connectivity index is 2.04. The standard InChI is InChI=1S/C13H14O3/c1-8-3-5-9(6-4-8)10-7-11(10)12(14)13(15)16-2/h3-6,10-11H,7H2,1-2H3/t10-,11?/m0/s1. The van der Waals surface area contributed by atoms with Crippen molar-refractivity contribution in [3.05, 3.63) is 35.4 Å². The van der Waals surface area contributed by atoms with E-state index in [9.17, 15) is 9.59 Å². The fraction of sp³-hybridized carbons (Fsp3) is 0.385. The van der Waals surface area contributed by atoms with Gasteiger partial charge in [0.15, 0.2) is 0 Å². The maximum atomic E-state index is 11.5. The molecule has 0 amide bonds. The average Bonchev–Trinajstić information content (AvgIpc) is 3.08. The van der Waals surface area contributed by atoms with Gasteiger partial charge in [-0.05, 0) is 24.8 Å². The summed E-state index contributed by atoms with van der Waals surface area (Å²) in [6.07, 6.45) is 0.761. The Bertz CT molecular complexity index is 419. The molecule has 2 atom stereocenters. The van der Waals surface area contributed by atoms with E-state index in [0.29, 0.717) is 0 Å². The summed E-state index contributed by atoms with van der Waals surface area (Å²) < 4.78 is 4.43. The van der Waals surface area contributed by atoms with Crippen LogP contribution in [-0.2, 0) is 14.3 Å². The first-order valence-electron chi connectivity index (χ1n) is 5.32. The largest absolute Gasteiger partial charge is 0.463 e. The van der Waals surface area contributed by atoms with Gasteiger partial charge in [0.2, 0.25) is 5.78 Å². The minimum atomic E-state index is -0.723. The van der Waals surface area contributed by atoms with Gasteiger partial charge in [-0.2, -0.15) is 0 Å². The van der Waals surface area contributed by atoms with Crippen LogP contribution in [0.25, 0.3) is 0 Å². The van der Waals surface area contributed by atoms with Crippen LogP contribution in [0.15, 0.2) is 24.3 Å². The van der Waals surface area contributed by atoms with Crippen molar-refractivity contribution in [2.45, 2.75) is 19.3 Å². The van der Waals surface area contributed by atoms with Crippen molar-refractivity contribution in [2.75, 3.05) is 7.11 Å². The Morgan fingerprint density at radius 1 is 1.25 bits per heavy atom. The molecular formula is C13H14O3. The molecular weight excluding hydrogens is 204 g/mol. The minimum absolute atomic E-state index is 0.171. The van der Waals surface area contributed by atoms with E-state index in [1.807, 2.05) is 31.2 Å². The molecule has 3 nitrogen and oxygen atoms in total. The number of Topliss-reactive ketones (excluding diaryl/α,β-unsaturated/α-hetero) is 1. The molecule has 1 saturated carbocycles. The molecule has 1 aromatic rings. The number of hydrogen-bond donors (Lipinski definition) is 0. The van der Waals surface area contributed by atoms with E-state index < -0.39 is 11.8 Å². The number of methoxy groups -OCH3 is 1. The summed E-state index contributed by atoms with van der Waals surface area (Å²) in [6.45, 7) is 2.02. The first-order valence-corrected chi connectivity index (χ1v) is 5.32. The topological polar surface area (TPSA) is 43.4 Å². The molecule has 0 spiro atoms. The van der Waals surface area contributed by atoms with Crippen LogP contribution in [0.2, 0.25) is 0 Å². The quantitative estimate of drug-likeness (QED) is 0.574. The number of carbonyl (C=O) groups is 2. The van der Waals surface area contributed by atoms with Gasteiger partial charge >= 0.3 is 5.97 Å². The Morgan fingerprint density at radius 3 is 2.44 bits per heavy atom. The van der Waals surface area contributed by atoms with Crippen LogP contribution in [0.4, 0.5) is 0 Å². The lowest BCUT2D eigenvalue weighted by Gasteiger charge is -2.00. The second kappa shape index (κ2) is 4.08. The van der Waals surface area contributed by atoms with Gasteiger partial charge in [0.1, 0.15) is 0 Å². The summed E-state index contributed by atoms with van der Waals surface area (Å²) in [5.74, 6) is -1.09. The molecule has 1 fully saturated rings. The Kier molecular flexibility index (Phi) is 2.77. The lowest BCUT2D eigenvalue weighted by Crippen LogP contribution is -2.17. The zero-order valence-electron chi connectivity index (χ0n) is 9.40. The highest BCUT2D eigenvalue weighted by molar-refractivity contribution is 6.35. The van der Waals surface area contributed by atoms with Crippen LogP contribution in [0.1, 0.15) is 23.5 Å². The third-order valence-corrected chi connectivity index (χ3v) is 3.02. The van der Waals surface area contributed by atoms with Gasteiger partial charge < -0.3 is 4.74 Å². The second-order valence-corrected chi connectivity index (χ2v) is 4.22. The molecule has 2 rings (SSSR count). The van der Waals surface area contributed by atoms with Gasteiger partial charge in [-0.25, -0.2) is 4.79 Å². The number of esters is 1. The van der Waals surface area contributed by atoms with E-state index in [0.717, 1.165) is 12.0 Å². The molecule has 0 aliphatic heterocycles. The summed E-state index contributed by atoms with van der Waals surface area (Å²) in [5.41, 5.74) is 2.33. The maximum absolute atomic E-state index is 11.5. The molecule has 0 radical (unpaired) electrons. The third-order valence-electron chi connectivity index (χ3n) is 3.02. The van der Waals surface area contributed by atoms with Crippen LogP contribution < -0.4 is 0 Å². The van der Waals surface area contributed by atoms with Crippen LogP contribution in [0.5, 0.6) is 0 Å². The lowest BCUT2D eigenvalue weighted by atomic mass is 10.1. The second-order valence-electron chi connectivity index (χ2n) is 4.22. The fourth-order valence-electron chi connectivity index (χ4n) is 1.92. The van der Waals surface area contributed by atoms with E-state index in [1.54, 1.807) is 0 Å². The molecule has 16 heavy (non-hydrogen) atoms. The number of hydrogen-bond acceptors (Lipinski definition) is 3. The van der Waals surface area contributed by atoms with Crippen LogP contribution in [-0.4, -0.2) is 18.9 Å². The van der Waals surface area contributed by atoms with Crippen molar-refractivity contribution in [3.8, 4) is 0 Å². The average molecular weight is 218 g/mol. The van der Waals surface area contributed by atoms with Crippen LogP contribution in [0, 0.1) is 12.8 Å². The number of ketones is 1. The number of rotatable bonds is 3. The number of carbonyl (C=O) groups excluding carboxylic acids is 2. The number of benzene rings is 1. The fourth-order valence-corrected chi connectivity index (χ4v) is 1.92. The van der Waals surface area contributed by atoms with E-state index >= 15 is 0 Å². The van der Waals surface area contributed by atoms with E-state index in [2.05, 4.69) is 4.74 Å². The number of ether oxygens (including phenoxy) is 1. The van der Waals surface area contributed by atoms with Crippen molar-refractivity contribution in [2.24, 2.45) is 5.92 Å². The summed E-state index contributed by atoms with van der Waals surface area (Å²) >= 11 is 0. The first-order chi connectivity index (χ1) is 7.63. The zero-order valence-corrected chi connectivity index (χ0v) is 9.40. The third kappa shape index (κ3) is 1.98. The van der Waals surface area contributed by atoms with E-state index in [-0.39, 0.29) is 11.8 Å². The van der Waals surface area contributed by atoms with Gasteiger partial charge in [-0.3, -0.25) is 4.79 Å².